The van der Waals surface area contributed by atoms with Crippen LogP contribution in [0.25, 0.3) is 0 Å². The first-order chi connectivity index (χ1) is 11.7. The number of hydrogen-bond donors (Lipinski definition) is 2. The average Bonchev–Trinajstić information content (AvgIpc) is 2.57. The molecule has 24 heavy (non-hydrogen) atoms. The van der Waals surface area contributed by atoms with Gasteiger partial charge in [0.15, 0.2) is 0 Å². The van der Waals surface area contributed by atoms with Gasteiger partial charge in [0.1, 0.15) is 0 Å². The normalized spacial score (nSPS) is 12.8. The molecule has 0 saturated carbocycles. The molecule has 0 atom stereocenters. The SMILES string of the molecule is CCCCCCCCCCCCC=CC=CC=CC=C(O)C(=O)O. The van der Waals surface area contributed by atoms with Crippen LogP contribution in [0.5, 0.6) is 0 Å². The van der Waals surface area contributed by atoms with Crippen molar-refractivity contribution < 1.29 is 15.0 Å². The topological polar surface area (TPSA) is 57.5 Å². The third-order valence-electron chi connectivity index (χ3n) is 3.78. The number of aliphatic hydroxyl groups excluding tert-OH is 1. The lowest BCUT2D eigenvalue weighted by atomic mass is 10.1. The van der Waals surface area contributed by atoms with Crippen LogP contribution >= 0.6 is 0 Å². The fourth-order valence-corrected chi connectivity index (χ4v) is 2.33. The van der Waals surface area contributed by atoms with Crippen molar-refractivity contribution in [3.8, 4) is 0 Å². The molecule has 0 radical (unpaired) electrons. The van der Waals surface area contributed by atoms with Gasteiger partial charge in [-0.2, -0.15) is 0 Å². The van der Waals surface area contributed by atoms with E-state index in [1.807, 2.05) is 12.2 Å². The summed E-state index contributed by atoms with van der Waals surface area (Å²) in [6.07, 6.45) is 26.9. The molecule has 0 aliphatic rings. The van der Waals surface area contributed by atoms with Gasteiger partial charge in [0, 0.05) is 0 Å². The van der Waals surface area contributed by atoms with Gasteiger partial charge in [-0.1, -0.05) is 101 Å². The van der Waals surface area contributed by atoms with E-state index in [-0.39, 0.29) is 0 Å². The fraction of sp³-hybridized carbons (Fsp3) is 0.571. The fourth-order valence-electron chi connectivity index (χ4n) is 2.33. The van der Waals surface area contributed by atoms with Crippen molar-refractivity contribution >= 4 is 5.97 Å². The molecule has 0 heterocycles. The zero-order valence-electron chi connectivity index (χ0n) is 15.1. The van der Waals surface area contributed by atoms with Crippen LogP contribution in [0.15, 0.2) is 48.3 Å². The zero-order chi connectivity index (χ0) is 17.9. The molecule has 0 unspecified atom stereocenters. The highest BCUT2D eigenvalue weighted by molar-refractivity contribution is 5.83. The van der Waals surface area contributed by atoms with Gasteiger partial charge in [-0.3, -0.25) is 0 Å². The first kappa shape index (κ1) is 22.2. The second-order valence-electron chi connectivity index (χ2n) is 6.03. The maximum Gasteiger partial charge on any atom is 0.370 e. The molecule has 0 spiro atoms. The molecule has 2 N–H and O–H groups in total. The molecule has 0 aliphatic carbocycles. The van der Waals surface area contributed by atoms with E-state index in [1.54, 1.807) is 12.2 Å². The number of aliphatic carboxylic acids is 1. The minimum absolute atomic E-state index is 0.656. The van der Waals surface area contributed by atoms with E-state index >= 15 is 0 Å². The second-order valence-corrected chi connectivity index (χ2v) is 6.03. The molecule has 136 valence electrons. The Morgan fingerprint density at radius 3 is 1.79 bits per heavy atom. The van der Waals surface area contributed by atoms with Crippen LogP contribution in [0.3, 0.4) is 0 Å². The molecule has 0 aromatic rings. The van der Waals surface area contributed by atoms with Crippen LogP contribution < -0.4 is 0 Å². The minimum Gasteiger partial charge on any atom is -0.502 e. The van der Waals surface area contributed by atoms with E-state index < -0.39 is 11.7 Å². The molecule has 0 bridgehead atoms. The highest BCUT2D eigenvalue weighted by Gasteiger charge is 1.99. The Kier molecular flexibility index (Phi) is 16.3. The summed E-state index contributed by atoms with van der Waals surface area (Å²) in [6, 6.07) is 0. The Hall–Kier alpha value is -1.77. The molecular formula is C21H34O3. The number of rotatable bonds is 15. The predicted molar refractivity (Wildman–Crippen MR) is 102 cm³/mol. The number of aliphatic hydroxyl groups is 1. The zero-order valence-corrected chi connectivity index (χ0v) is 15.1. The number of carboxylic acids is 1. The summed E-state index contributed by atoms with van der Waals surface area (Å²) in [5.74, 6) is -1.98. The Labute approximate surface area is 147 Å². The average molecular weight is 335 g/mol. The summed E-state index contributed by atoms with van der Waals surface area (Å²) >= 11 is 0. The van der Waals surface area contributed by atoms with Crippen molar-refractivity contribution in [2.24, 2.45) is 0 Å². The van der Waals surface area contributed by atoms with E-state index in [0.717, 1.165) is 12.5 Å². The van der Waals surface area contributed by atoms with E-state index in [4.69, 9.17) is 10.2 Å². The molecular weight excluding hydrogens is 300 g/mol. The summed E-state index contributed by atoms with van der Waals surface area (Å²) in [4.78, 5) is 10.3. The van der Waals surface area contributed by atoms with Gasteiger partial charge in [0.05, 0.1) is 0 Å². The third kappa shape index (κ3) is 16.6. The highest BCUT2D eigenvalue weighted by Crippen LogP contribution is 2.11. The van der Waals surface area contributed by atoms with Crippen LogP contribution in [-0.2, 0) is 4.79 Å². The summed E-state index contributed by atoms with van der Waals surface area (Å²) in [6.45, 7) is 2.26. The summed E-state index contributed by atoms with van der Waals surface area (Å²) in [5, 5.41) is 17.4. The van der Waals surface area contributed by atoms with Gasteiger partial charge >= 0.3 is 5.97 Å². The molecule has 0 amide bonds. The van der Waals surface area contributed by atoms with Gasteiger partial charge in [-0.05, 0) is 18.9 Å². The molecule has 0 aromatic carbocycles. The van der Waals surface area contributed by atoms with Gasteiger partial charge in [-0.25, -0.2) is 4.79 Å². The Morgan fingerprint density at radius 2 is 1.21 bits per heavy atom. The van der Waals surface area contributed by atoms with Crippen molar-refractivity contribution in [2.45, 2.75) is 77.6 Å². The first-order valence-corrected chi connectivity index (χ1v) is 9.31. The Bertz CT molecular complexity index is 417. The van der Waals surface area contributed by atoms with Crippen molar-refractivity contribution in [3.63, 3.8) is 0 Å². The quantitative estimate of drug-likeness (QED) is 0.156. The molecule has 0 aliphatic heterocycles. The van der Waals surface area contributed by atoms with Crippen LogP contribution in [0, 0.1) is 0 Å². The van der Waals surface area contributed by atoms with E-state index in [0.29, 0.717) is 0 Å². The summed E-state index contributed by atoms with van der Waals surface area (Å²) in [7, 11) is 0. The largest absolute Gasteiger partial charge is 0.502 e. The van der Waals surface area contributed by atoms with Gasteiger partial charge in [-0.15, -0.1) is 0 Å². The van der Waals surface area contributed by atoms with Crippen molar-refractivity contribution in [3.05, 3.63) is 48.3 Å². The summed E-state index contributed by atoms with van der Waals surface area (Å²) < 4.78 is 0. The summed E-state index contributed by atoms with van der Waals surface area (Å²) in [5.41, 5.74) is 0. The number of hydrogen-bond acceptors (Lipinski definition) is 2. The second kappa shape index (κ2) is 17.6. The Balaban J connectivity index is 3.44. The molecule has 0 saturated heterocycles. The Morgan fingerprint density at radius 1 is 0.708 bits per heavy atom. The van der Waals surface area contributed by atoms with Gasteiger partial charge < -0.3 is 10.2 Å². The smallest absolute Gasteiger partial charge is 0.370 e. The van der Waals surface area contributed by atoms with Crippen LogP contribution in [-0.4, -0.2) is 16.2 Å². The van der Waals surface area contributed by atoms with Crippen LogP contribution in [0.2, 0.25) is 0 Å². The van der Waals surface area contributed by atoms with Gasteiger partial charge in [0.2, 0.25) is 5.76 Å². The highest BCUT2D eigenvalue weighted by atomic mass is 16.4. The molecule has 0 rings (SSSR count). The van der Waals surface area contributed by atoms with Crippen molar-refractivity contribution in [1.29, 1.82) is 0 Å². The van der Waals surface area contributed by atoms with Crippen LogP contribution in [0.4, 0.5) is 0 Å². The standard InChI is InChI=1S/C21H34O3/c1-2-3-4-5-6-7-8-9-10-11-12-13-14-15-16-17-18-19-20(22)21(23)24/h13-19,22H,2-12H2,1H3,(H,23,24). The first-order valence-electron chi connectivity index (χ1n) is 9.31. The van der Waals surface area contributed by atoms with Crippen LogP contribution in [0.1, 0.15) is 77.6 Å². The number of carbonyl (C=O) groups is 1. The molecule has 3 heteroatoms. The lowest BCUT2D eigenvalue weighted by molar-refractivity contribution is -0.135. The molecule has 0 aromatic heterocycles. The van der Waals surface area contributed by atoms with E-state index in [9.17, 15) is 4.79 Å². The minimum atomic E-state index is -1.32. The molecule has 0 fully saturated rings. The maximum absolute atomic E-state index is 10.3. The number of carboxylic acid groups (broad SMARTS) is 1. The monoisotopic (exact) mass is 334 g/mol. The van der Waals surface area contributed by atoms with E-state index in [2.05, 4.69) is 13.0 Å². The lowest BCUT2D eigenvalue weighted by Gasteiger charge is -2.01. The number of unbranched alkanes of at least 4 members (excludes halogenated alkanes) is 10. The van der Waals surface area contributed by atoms with Crippen molar-refractivity contribution in [1.82, 2.24) is 0 Å². The number of allylic oxidation sites excluding steroid dienone is 7. The lowest BCUT2D eigenvalue weighted by Crippen LogP contribution is -1.97. The molecule has 3 nitrogen and oxygen atoms in total. The van der Waals surface area contributed by atoms with Crippen molar-refractivity contribution in [2.75, 3.05) is 0 Å². The third-order valence-corrected chi connectivity index (χ3v) is 3.78. The van der Waals surface area contributed by atoms with E-state index in [1.165, 1.54) is 70.3 Å². The maximum atomic E-state index is 10.3. The van der Waals surface area contributed by atoms with Gasteiger partial charge in [0.25, 0.3) is 0 Å². The predicted octanol–water partition coefficient (Wildman–Crippen LogP) is 6.49.